The molecular weight excluding hydrogens is 528 g/mol. The Bertz CT molecular complexity index is 1180. The van der Waals surface area contributed by atoms with Gasteiger partial charge in [0.15, 0.2) is 0 Å². The van der Waals surface area contributed by atoms with Gasteiger partial charge in [0.25, 0.3) is 5.91 Å². The summed E-state index contributed by atoms with van der Waals surface area (Å²) in [5.74, 6) is -0.477. The molecule has 0 atom stereocenters. The SMILES string of the molecule is Cc1ccc(Cl)cc1NC(=O)/C(C#N)=C/c1cc(Br)ccc1Cc1ccccc1Br. The summed E-state index contributed by atoms with van der Waals surface area (Å²) >= 11 is 13.1. The molecule has 1 amide bonds. The maximum absolute atomic E-state index is 12.8. The van der Waals surface area contributed by atoms with Gasteiger partial charge in [-0.15, -0.1) is 0 Å². The smallest absolute Gasteiger partial charge is 0.266 e. The van der Waals surface area contributed by atoms with E-state index in [0.29, 0.717) is 17.1 Å². The Hall–Kier alpha value is -2.39. The van der Waals surface area contributed by atoms with Crippen LogP contribution in [0.4, 0.5) is 5.69 Å². The topological polar surface area (TPSA) is 52.9 Å². The molecule has 3 aromatic carbocycles. The van der Waals surface area contributed by atoms with Crippen molar-refractivity contribution < 1.29 is 4.79 Å². The van der Waals surface area contributed by atoms with Crippen molar-refractivity contribution in [1.29, 1.82) is 5.26 Å². The Balaban J connectivity index is 1.94. The first-order valence-corrected chi connectivity index (χ1v) is 11.0. The Morgan fingerprint density at radius 2 is 1.87 bits per heavy atom. The lowest BCUT2D eigenvalue weighted by molar-refractivity contribution is -0.112. The van der Waals surface area contributed by atoms with Gasteiger partial charge in [-0.25, -0.2) is 0 Å². The van der Waals surface area contributed by atoms with E-state index in [0.717, 1.165) is 31.2 Å². The van der Waals surface area contributed by atoms with Crippen LogP contribution in [0.1, 0.15) is 22.3 Å². The molecule has 0 saturated carbocycles. The van der Waals surface area contributed by atoms with Gasteiger partial charge in [-0.05, 0) is 72.0 Å². The van der Waals surface area contributed by atoms with Crippen LogP contribution in [0.3, 0.4) is 0 Å². The summed E-state index contributed by atoms with van der Waals surface area (Å²) in [6.45, 7) is 1.87. The number of halogens is 3. The van der Waals surface area contributed by atoms with E-state index < -0.39 is 5.91 Å². The average molecular weight is 545 g/mol. The number of rotatable bonds is 5. The number of hydrogen-bond donors (Lipinski definition) is 1. The highest BCUT2D eigenvalue weighted by Gasteiger charge is 2.13. The van der Waals surface area contributed by atoms with Crippen LogP contribution >= 0.6 is 43.5 Å². The van der Waals surface area contributed by atoms with Gasteiger partial charge < -0.3 is 5.32 Å². The number of nitriles is 1. The van der Waals surface area contributed by atoms with Crippen molar-refractivity contribution in [2.45, 2.75) is 13.3 Å². The molecular formula is C24H17Br2ClN2O. The maximum Gasteiger partial charge on any atom is 0.266 e. The van der Waals surface area contributed by atoms with Crippen molar-refractivity contribution in [3.63, 3.8) is 0 Å². The predicted octanol–water partition coefficient (Wildman–Crippen LogP) is 7.31. The molecule has 0 saturated heterocycles. The van der Waals surface area contributed by atoms with Gasteiger partial charge >= 0.3 is 0 Å². The van der Waals surface area contributed by atoms with Crippen LogP contribution in [-0.4, -0.2) is 5.91 Å². The quantitative estimate of drug-likeness (QED) is 0.271. The summed E-state index contributed by atoms with van der Waals surface area (Å²) < 4.78 is 1.88. The number of carbonyl (C=O) groups is 1. The third kappa shape index (κ3) is 5.60. The summed E-state index contributed by atoms with van der Waals surface area (Å²) in [6, 6.07) is 21.1. The van der Waals surface area contributed by atoms with E-state index >= 15 is 0 Å². The number of nitrogens with one attached hydrogen (secondary N) is 1. The van der Waals surface area contributed by atoms with E-state index in [-0.39, 0.29) is 5.57 Å². The predicted molar refractivity (Wildman–Crippen MR) is 129 cm³/mol. The van der Waals surface area contributed by atoms with Crippen molar-refractivity contribution in [2.24, 2.45) is 0 Å². The minimum Gasteiger partial charge on any atom is -0.321 e. The highest BCUT2D eigenvalue weighted by Crippen LogP contribution is 2.26. The lowest BCUT2D eigenvalue weighted by atomic mass is 9.98. The molecule has 0 bridgehead atoms. The normalized spacial score (nSPS) is 11.1. The summed E-state index contributed by atoms with van der Waals surface area (Å²) in [5.41, 5.74) is 4.38. The van der Waals surface area contributed by atoms with Gasteiger partial charge in [0.05, 0.1) is 0 Å². The first-order chi connectivity index (χ1) is 14.4. The zero-order valence-electron chi connectivity index (χ0n) is 16.0. The second-order valence-electron chi connectivity index (χ2n) is 6.69. The van der Waals surface area contributed by atoms with E-state index in [1.165, 1.54) is 0 Å². The van der Waals surface area contributed by atoms with Gasteiger partial charge in [0.1, 0.15) is 11.6 Å². The van der Waals surface area contributed by atoms with Crippen molar-refractivity contribution in [1.82, 2.24) is 0 Å². The zero-order valence-corrected chi connectivity index (χ0v) is 20.0. The molecule has 0 aliphatic rings. The minimum absolute atomic E-state index is 0.0147. The molecule has 3 nitrogen and oxygen atoms in total. The van der Waals surface area contributed by atoms with Crippen LogP contribution in [-0.2, 0) is 11.2 Å². The van der Waals surface area contributed by atoms with Gasteiger partial charge in [0.2, 0.25) is 0 Å². The van der Waals surface area contributed by atoms with E-state index in [1.54, 1.807) is 18.2 Å². The van der Waals surface area contributed by atoms with Crippen molar-refractivity contribution in [2.75, 3.05) is 5.32 Å². The van der Waals surface area contributed by atoms with Gasteiger partial charge in [0, 0.05) is 19.7 Å². The molecule has 0 unspecified atom stereocenters. The molecule has 0 radical (unpaired) electrons. The number of aryl methyl sites for hydroxylation is 1. The molecule has 1 N–H and O–H groups in total. The number of nitrogens with zero attached hydrogens (tertiary/aromatic N) is 1. The Labute approximate surface area is 197 Å². The van der Waals surface area contributed by atoms with Crippen LogP contribution in [0.25, 0.3) is 6.08 Å². The molecule has 0 heterocycles. The number of hydrogen-bond acceptors (Lipinski definition) is 2. The Morgan fingerprint density at radius 3 is 2.60 bits per heavy atom. The van der Waals surface area contributed by atoms with Gasteiger partial charge in [-0.2, -0.15) is 5.26 Å². The maximum atomic E-state index is 12.8. The second-order valence-corrected chi connectivity index (χ2v) is 8.90. The Morgan fingerprint density at radius 1 is 1.10 bits per heavy atom. The molecule has 150 valence electrons. The summed E-state index contributed by atoms with van der Waals surface area (Å²) in [4.78, 5) is 12.8. The third-order valence-corrected chi connectivity index (χ3v) is 6.06. The fourth-order valence-corrected chi connectivity index (χ4v) is 3.91. The lowest BCUT2D eigenvalue weighted by Crippen LogP contribution is -2.14. The van der Waals surface area contributed by atoms with Crippen LogP contribution in [0.5, 0.6) is 0 Å². The molecule has 0 aliphatic heterocycles. The van der Waals surface area contributed by atoms with Gasteiger partial charge in [-0.1, -0.05) is 73.8 Å². The summed E-state index contributed by atoms with van der Waals surface area (Å²) in [5, 5.41) is 12.9. The summed E-state index contributed by atoms with van der Waals surface area (Å²) in [7, 11) is 0. The van der Waals surface area contributed by atoms with Crippen LogP contribution in [0, 0.1) is 18.3 Å². The van der Waals surface area contributed by atoms with Crippen molar-refractivity contribution in [3.05, 3.63) is 102 Å². The molecule has 0 spiro atoms. The molecule has 3 aromatic rings. The fraction of sp³-hybridized carbons (Fsp3) is 0.0833. The number of carbonyl (C=O) groups excluding carboxylic acids is 1. The third-order valence-electron chi connectivity index (χ3n) is 4.56. The van der Waals surface area contributed by atoms with Crippen LogP contribution in [0.2, 0.25) is 5.02 Å². The Kier molecular flexibility index (Phi) is 7.49. The number of amides is 1. The first kappa shape index (κ1) is 22.3. The average Bonchev–Trinajstić information content (AvgIpc) is 2.72. The van der Waals surface area contributed by atoms with E-state index in [9.17, 15) is 10.1 Å². The van der Waals surface area contributed by atoms with Crippen molar-refractivity contribution in [3.8, 4) is 6.07 Å². The van der Waals surface area contributed by atoms with E-state index in [4.69, 9.17) is 11.6 Å². The van der Waals surface area contributed by atoms with E-state index in [2.05, 4.69) is 37.2 Å². The monoisotopic (exact) mass is 542 g/mol. The molecule has 0 aliphatic carbocycles. The van der Waals surface area contributed by atoms with E-state index in [1.807, 2.05) is 61.5 Å². The molecule has 3 rings (SSSR count). The second kappa shape index (κ2) is 10.1. The number of benzene rings is 3. The fourth-order valence-electron chi connectivity index (χ4n) is 2.93. The lowest BCUT2D eigenvalue weighted by Gasteiger charge is -2.11. The minimum atomic E-state index is -0.477. The van der Waals surface area contributed by atoms with Gasteiger partial charge in [-0.3, -0.25) is 4.79 Å². The zero-order chi connectivity index (χ0) is 21.7. The molecule has 0 fully saturated rings. The van der Waals surface area contributed by atoms with Crippen molar-refractivity contribution >= 4 is 61.1 Å². The summed E-state index contributed by atoms with van der Waals surface area (Å²) in [6.07, 6.45) is 2.28. The highest BCUT2D eigenvalue weighted by molar-refractivity contribution is 9.10. The van der Waals surface area contributed by atoms with Crippen LogP contribution < -0.4 is 5.32 Å². The number of anilines is 1. The largest absolute Gasteiger partial charge is 0.321 e. The first-order valence-electron chi connectivity index (χ1n) is 9.08. The van der Waals surface area contributed by atoms with Crippen LogP contribution in [0.15, 0.2) is 75.2 Å². The molecule has 30 heavy (non-hydrogen) atoms. The molecule has 6 heteroatoms. The standard InChI is InChI=1S/C24H17Br2ClN2O/c1-15-6-9-21(27)13-23(15)29-24(30)19(14-28)11-18-12-20(25)8-7-16(18)10-17-4-2-3-5-22(17)26/h2-9,11-13H,10H2,1H3,(H,29,30)/b19-11+. The molecule has 0 aromatic heterocycles. The highest BCUT2D eigenvalue weighted by atomic mass is 79.9.